The van der Waals surface area contributed by atoms with Crippen LogP contribution in [0.2, 0.25) is 10.0 Å². The molecule has 2 rings (SSSR count). The van der Waals surface area contributed by atoms with Crippen LogP contribution in [-0.2, 0) is 21.0 Å². The van der Waals surface area contributed by atoms with Crippen LogP contribution in [0.1, 0.15) is 11.1 Å². The van der Waals surface area contributed by atoms with Gasteiger partial charge in [-0.1, -0.05) is 64.2 Å². The average molecular weight is 527 g/mol. The van der Waals surface area contributed by atoms with Gasteiger partial charge in [-0.3, -0.25) is 0 Å². The molecule has 0 saturated carbocycles. The van der Waals surface area contributed by atoms with E-state index >= 15 is 0 Å². The van der Waals surface area contributed by atoms with E-state index in [9.17, 15) is 18.0 Å². The number of carbonyl (C=O) groups excluding carboxylic acids is 1. The van der Waals surface area contributed by atoms with Crippen LogP contribution < -0.4 is 9.47 Å². The van der Waals surface area contributed by atoms with E-state index in [0.717, 1.165) is 0 Å². The van der Waals surface area contributed by atoms with Crippen molar-refractivity contribution < 1.29 is 37.0 Å². The number of nitrogens with zero attached hydrogens (tertiary/aromatic N) is 1. The summed E-state index contributed by atoms with van der Waals surface area (Å²) in [5.41, 5.74) is 0.958. The summed E-state index contributed by atoms with van der Waals surface area (Å²) in [5, 5.41) is 2.42. The van der Waals surface area contributed by atoms with E-state index in [4.69, 9.17) is 53.9 Å². The Labute approximate surface area is 202 Å². The van der Waals surface area contributed by atoms with Crippen molar-refractivity contribution in [2.45, 2.75) is 12.8 Å². The molecule has 0 heterocycles. The van der Waals surface area contributed by atoms with E-state index in [1.165, 1.54) is 26.4 Å². The highest BCUT2D eigenvalue weighted by atomic mass is 35.5. The average Bonchev–Trinajstić information content (AvgIpc) is 2.76. The monoisotopic (exact) mass is 525 g/mol. The van der Waals surface area contributed by atoms with Gasteiger partial charge in [-0.15, -0.1) is 0 Å². The molecule has 0 aliphatic carbocycles. The third kappa shape index (κ3) is 7.45. The molecule has 33 heavy (non-hydrogen) atoms. The zero-order chi connectivity index (χ0) is 24.6. The molecule has 0 radical (unpaired) electrons. The number of carbonyl (C=O) groups is 1. The van der Waals surface area contributed by atoms with Gasteiger partial charge in [0.15, 0.2) is 11.5 Å². The third-order valence-electron chi connectivity index (χ3n) is 3.96. The molecule has 2 aromatic rings. The first-order valence-electron chi connectivity index (χ1n) is 9.03. The number of rotatable bonds is 9. The highest BCUT2D eigenvalue weighted by molar-refractivity contribution is 6.43. The van der Waals surface area contributed by atoms with Gasteiger partial charge in [-0.2, -0.15) is 13.2 Å². The van der Waals surface area contributed by atoms with Crippen molar-refractivity contribution in [1.29, 1.82) is 0 Å². The van der Waals surface area contributed by atoms with Gasteiger partial charge < -0.3 is 19.0 Å². The number of ether oxygens (including phenoxy) is 3. The summed E-state index contributed by atoms with van der Waals surface area (Å²) >= 11 is 17.4. The zero-order valence-corrected chi connectivity index (χ0v) is 19.5. The lowest BCUT2D eigenvalue weighted by Gasteiger charge is -2.14. The number of methoxy groups -OCH3 is 1. The molecule has 178 valence electrons. The summed E-state index contributed by atoms with van der Waals surface area (Å²) in [7, 11) is 2.51. The predicted molar refractivity (Wildman–Crippen MR) is 118 cm³/mol. The molecule has 6 nitrogen and oxygen atoms in total. The van der Waals surface area contributed by atoms with Crippen LogP contribution in [-0.4, -0.2) is 38.7 Å². The second-order valence-electron chi connectivity index (χ2n) is 6.14. The number of halogens is 6. The van der Waals surface area contributed by atoms with Gasteiger partial charge in [0.2, 0.25) is 0 Å². The van der Waals surface area contributed by atoms with E-state index in [0.29, 0.717) is 17.2 Å². The van der Waals surface area contributed by atoms with Gasteiger partial charge >= 0.3 is 12.1 Å². The maximum atomic E-state index is 12.4. The maximum Gasteiger partial charge on any atom is 0.426 e. The third-order valence-corrected chi connectivity index (χ3v) is 4.89. The van der Waals surface area contributed by atoms with E-state index < -0.39 is 23.8 Å². The van der Waals surface area contributed by atoms with E-state index in [1.807, 2.05) is 0 Å². The SMILES string of the molecule is CO/N=C(/C(=O)OC)c1ccccc1COc1cc(Cl)c(OCC=C(Cl)C(F)(F)F)c(Cl)c1. The largest absolute Gasteiger partial charge is 0.489 e. The summed E-state index contributed by atoms with van der Waals surface area (Å²) in [6.45, 7) is -0.507. The Balaban J connectivity index is 2.18. The Morgan fingerprint density at radius 2 is 1.73 bits per heavy atom. The highest BCUT2D eigenvalue weighted by Crippen LogP contribution is 2.37. The lowest BCUT2D eigenvalue weighted by atomic mass is 10.0. The Bertz CT molecular complexity index is 1030. The molecule has 0 saturated heterocycles. The summed E-state index contributed by atoms with van der Waals surface area (Å²) in [6, 6.07) is 9.55. The fourth-order valence-corrected chi connectivity index (χ4v) is 3.13. The zero-order valence-electron chi connectivity index (χ0n) is 17.2. The minimum Gasteiger partial charge on any atom is -0.489 e. The molecule has 2 aromatic carbocycles. The number of oxime groups is 1. The normalized spacial score (nSPS) is 12.4. The summed E-state index contributed by atoms with van der Waals surface area (Å²) in [6.07, 6.45) is -4.02. The molecule has 0 amide bonds. The molecule has 0 aliphatic rings. The molecule has 0 fully saturated rings. The van der Waals surface area contributed by atoms with Crippen molar-refractivity contribution in [3.63, 3.8) is 0 Å². The summed E-state index contributed by atoms with van der Waals surface area (Å²) in [4.78, 5) is 16.8. The second kappa shape index (κ2) is 12.0. The molecular formula is C21H17Cl3F3NO5. The van der Waals surface area contributed by atoms with E-state index in [2.05, 4.69) is 5.16 Å². The number of esters is 1. The summed E-state index contributed by atoms with van der Waals surface area (Å²) < 4.78 is 53.0. The number of benzene rings is 2. The van der Waals surface area contributed by atoms with Crippen LogP contribution in [0.5, 0.6) is 11.5 Å². The van der Waals surface area contributed by atoms with E-state index in [-0.39, 0.29) is 33.9 Å². The number of hydrogen-bond donors (Lipinski definition) is 0. The molecule has 0 unspecified atom stereocenters. The Morgan fingerprint density at radius 3 is 2.30 bits per heavy atom. The fraction of sp³-hybridized carbons (Fsp3) is 0.238. The van der Waals surface area contributed by atoms with Crippen molar-refractivity contribution in [1.82, 2.24) is 0 Å². The van der Waals surface area contributed by atoms with Gasteiger partial charge in [0.1, 0.15) is 31.1 Å². The molecule has 0 N–H and O–H groups in total. The molecule has 0 spiro atoms. The summed E-state index contributed by atoms with van der Waals surface area (Å²) in [5.74, 6) is -0.481. The van der Waals surface area contributed by atoms with Crippen molar-refractivity contribution >= 4 is 46.5 Å². The standard InChI is InChI=1S/C21H17Cl3F3NO5/c1-30-20(29)18(28-31-2)14-6-4-3-5-12(14)11-33-13-9-15(22)19(16(23)10-13)32-8-7-17(24)21(25,26)27/h3-7,9-10H,8,11H2,1-2H3/b17-7?,28-18+. The van der Waals surface area contributed by atoms with Crippen molar-refractivity contribution in [3.05, 3.63) is 68.7 Å². The minimum absolute atomic E-state index is 0.00725. The first kappa shape index (κ1) is 26.6. The Kier molecular flexibility index (Phi) is 9.70. The number of hydrogen-bond acceptors (Lipinski definition) is 6. The molecule has 0 bridgehead atoms. The minimum atomic E-state index is -4.67. The van der Waals surface area contributed by atoms with Crippen LogP contribution in [0.4, 0.5) is 13.2 Å². The van der Waals surface area contributed by atoms with Crippen LogP contribution >= 0.6 is 34.8 Å². The van der Waals surface area contributed by atoms with Gasteiger partial charge in [0.05, 0.1) is 17.2 Å². The van der Waals surface area contributed by atoms with Gasteiger partial charge in [0, 0.05) is 17.7 Å². The van der Waals surface area contributed by atoms with Crippen LogP contribution in [0.25, 0.3) is 0 Å². The van der Waals surface area contributed by atoms with Crippen molar-refractivity contribution in [2.24, 2.45) is 5.16 Å². The lowest BCUT2D eigenvalue weighted by Crippen LogP contribution is -2.19. The second-order valence-corrected chi connectivity index (χ2v) is 7.36. The maximum absolute atomic E-state index is 12.4. The fourth-order valence-electron chi connectivity index (χ4n) is 2.49. The Morgan fingerprint density at radius 1 is 1.09 bits per heavy atom. The number of allylic oxidation sites excluding steroid dienone is 1. The van der Waals surface area contributed by atoms with E-state index in [1.54, 1.807) is 24.3 Å². The van der Waals surface area contributed by atoms with Crippen LogP contribution in [0.15, 0.2) is 52.7 Å². The smallest absolute Gasteiger partial charge is 0.426 e. The first-order valence-corrected chi connectivity index (χ1v) is 10.2. The molecule has 12 heteroatoms. The van der Waals surface area contributed by atoms with Gasteiger partial charge in [0.25, 0.3) is 0 Å². The molecule has 0 aliphatic heterocycles. The van der Waals surface area contributed by atoms with Gasteiger partial charge in [-0.25, -0.2) is 4.79 Å². The van der Waals surface area contributed by atoms with Crippen molar-refractivity contribution in [2.75, 3.05) is 20.8 Å². The topological polar surface area (TPSA) is 66.4 Å². The number of alkyl halides is 3. The van der Waals surface area contributed by atoms with Crippen LogP contribution in [0.3, 0.4) is 0 Å². The highest BCUT2D eigenvalue weighted by Gasteiger charge is 2.32. The lowest BCUT2D eigenvalue weighted by molar-refractivity contribution is -0.132. The van der Waals surface area contributed by atoms with Crippen molar-refractivity contribution in [3.8, 4) is 11.5 Å². The Hall–Kier alpha value is -2.62. The van der Waals surface area contributed by atoms with Crippen LogP contribution in [0, 0.1) is 0 Å². The predicted octanol–water partition coefficient (Wildman–Crippen LogP) is 6.16. The molecular weight excluding hydrogens is 510 g/mol. The quantitative estimate of drug-likeness (QED) is 0.222. The first-order chi connectivity index (χ1) is 15.6. The molecule has 0 atom stereocenters. The molecule has 0 aromatic heterocycles. The van der Waals surface area contributed by atoms with Gasteiger partial charge in [-0.05, 0) is 11.6 Å².